The Bertz CT molecular complexity index is 251. The molecule has 2 rings (SSSR count). The van der Waals surface area contributed by atoms with Gasteiger partial charge in [0.1, 0.15) is 0 Å². The van der Waals surface area contributed by atoms with Crippen LogP contribution < -0.4 is 0 Å². The Hall–Kier alpha value is -0.520. The summed E-state index contributed by atoms with van der Waals surface area (Å²) in [7, 11) is 0. The monoisotopic (exact) mass is 162 g/mol. The smallest absolute Gasteiger partial charge is 0.0132 e. The lowest BCUT2D eigenvalue weighted by Gasteiger charge is -2.21. The molecule has 12 heavy (non-hydrogen) atoms. The topological polar surface area (TPSA) is 0 Å². The minimum absolute atomic E-state index is 0.898. The van der Waals surface area contributed by atoms with Crippen molar-refractivity contribution >= 4 is 0 Å². The van der Waals surface area contributed by atoms with E-state index in [4.69, 9.17) is 0 Å². The van der Waals surface area contributed by atoms with Gasteiger partial charge in [-0.2, -0.15) is 0 Å². The van der Waals surface area contributed by atoms with Crippen LogP contribution in [0.25, 0.3) is 0 Å². The highest BCUT2D eigenvalue weighted by Gasteiger charge is 2.34. The zero-order valence-electron chi connectivity index (χ0n) is 8.35. The molecule has 0 aromatic carbocycles. The molecule has 66 valence electrons. The van der Waals surface area contributed by atoms with Crippen molar-refractivity contribution in [3.63, 3.8) is 0 Å². The van der Waals surface area contributed by atoms with Crippen LogP contribution in [-0.2, 0) is 0 Å². The van der Waals surface area contributed by atoms with E-state index < -0.39 is 0 Å². The zero-order chi connectivity index (χ0) is 8.72. The van der Waals surface area contributed by atoms with Crippen LogP contribution in [-0.4, -0.2) is 0 Å². The van der Waals surface area contributed by atoms with Crippen molar-refractivity contribution < 1.29 is 0 Å². The van der Waals surface area contributed by atoms with Crippen molar-refractivity contribution in [2.75, 3.05) is 0 Å². The molecule has 0 radical (unpaired) electrons. The summed E-state index contributed by atoms with van der Waals surface area (Å²) in [6.07, 6.45) is 6.57. The molecule has 0 amide bonds. The highest BCUT2D eigenvalue weighted by Crippen LogP contribution is 2.47. The van der Waals surface area contributed by atoms with Gasteiger partial charge in [-0.3, -0.25) is 0 Å². The van der Waals surface area contributed by atoms with Gasteiger partial charge in [-0.25, -0.2) is 0 Å². The Morgan fingerprint density at radius 2 is 2.00 bits per heavy atom. The van der Waals surface area contributed by atoms with Gasteiger partial charge in [0.15, 0.2) is 0 Å². The molecule has 0 heteroatoms. The van der Waals surface area contributed by atoms with Gasteiger partial charge in [-0.15, -0.1) is 0 Å². The van der Waals surface area contributed by atoms with Crippen molar-refractivity contribution in [1.82, 2.24) is 0 Å². The Morgan fingerprint density at radius 1 is 1.25 bits per heavy atom. The van der Waals surface area contributed by atoms with E-state index in [0.717, 1.165) is 11.8 Å². The summed E-state index contributed by atoms with van der Waals surface area (Å²) in [6, 6.07) is 0. The van der Waals surface area contributed by atoms with Crippen LogP contribution in [0.3, 0.4) is 0 Å². The van der Waals surface area contributed by atoms with Gasteiger partial charge in [0, 0.05) is 0 Å². The molecular formula is C12H18. The number of allylic oxidation sites excluding steroid dienone is 4. The van der Waals surface area contributed by atoms with Gasteiger partial charge in [-0.05, 0) is 51.9 Å². The van der Waals surface area contributed by atoms with Gasteiger partial charge >= 0.3 is 0 Å². The first-order valence-corrected chi connectivity index (χ1v) is 5.00. The Labute approximate surface area is 75.4 Å². The highest BCUT2D eigenvalue weighted by molar-refractivity contribution is 5.26. The first-order valence-electron chi connectivity index (χ1n) is 5.00. The summed E-state index contributed by atoms with van der Waals surface area (Å²) in [5, 5.41) is 0. The first-order chi connectivity index (χ1) is 5.68. The van der Waals surface area contributed by atoms with Crippen LogP contribution in [0, 0.1) is 11.8 Å². The Balaban J connectivity index is 2.19. The number of rotatable bonds is 1. The van der Waals surface area contributed by atoms with Crippen molar-refractivity contribution in [2.45, 2.75) is 40.0 Å². The third kappa shape index (κ3) is 1.14. The van der Waals surface area contributed by atoms with E-state index >= 15 is 0 Å². The summed E-state index contributed by atoms with van der Waals surface area (Å²) < 4.78 is 0. The fourth-order valence-corrected chi connectivity index (χ4v) is 2.62. The van der Waals surface area contributed by atoms with Crippen LogP contribution >= 0.6 is 0 Å². The predicted octanol–water partition coefficient (Wildman–Crippen LogP) is 3.70. The summed E-state index contributed by atoms with van der Waals surface area (Å²) in [4.78, 5) is 0. The minimum Gasteiger partial charge on any atom is -0.0850 e. The molecule has 2 bridgehead atoms. The van der Waals surface area contributed by atoms with Crippen molar-refractivity contribution in [2.24, 2.45) is 11.8 Å². The van der Waals surface area contributed by atoms with Crippen molar-refractivity contribution in [3.05, 3.63) is 22.8 Å². The fourth-order valence-electron chi connectivity index (χ4n) is 2.62. The van der Waals surface area contributed by atoms with Crippen molar-refractivity contribution in [1.29, 1.82) is 0 Å². The minimum atomic E-state index is 0.898. The molecule has 0 saturated heterocycles. The van der Waals surface area contributed by atoms with Crippen LogP contribution in [0.5, 0.6) is 0 Å². The molecule has 0 nitrogen and oxygen atoms in total. The lowest BCUT2D eigenvalue weighted by atomic mass is 9.84. The van der Waals surface area contributed by atoms with E-state index in [1.807, 2.05) is 0 Å². The first kappa shape index (κ1) is 8.10. The van der Waals surface area contributed by atoms with Gasteiger partial charge in [-0.1, -0.05) is 22.8 Å². The van der Waals surface area contributed by atoms with E-state index in [9.17, 15) is 0 Å². The quantitative estimate of drug-likeness (QED) is 0.516. The van der Waals surface area contributed by atoms with Crippen LogP contribution in [0.4, 0.5) is 0 Å². The molecule has 0 heterocycles. The molecule has 0 aromatic rings. The molecule has 2 aliphatic rings. The zero-order valence-corrected chi connectivity index (χ0v) is 8.35. The van der Waals surface area contributed by atoms with Gasteiger partial charge in [0.05, 0.1) is 0 Å². The second-order valence-corrected chi connectivity index (χ2v) is 4.56. The molecule has 2 aliphatic carbocycles. The second kappa shape index (κ2) is 2.76. The lowest BCUT2D eigenvalue weighted by Crippen LogP contribution is -2.09. The summed E-state index contributed by atoms with van der Waals surface area (Å²) in [5.74, 6) is 1.87. The molecule has 1 fully saturated rings. The SMILES string of the molecule is CC(C)=C(C)C1CC2=CCC1C2. The van der Waals surface area contributed by atoms with Gasteiger partial charge in [0.25, 0.3) is 0 Å². The molecule has 1 saturated carbocycles. The maximum Gasteiger partial charge on any atom is -0.0132 e. The molecule has 2 unspecified atom stereocenters. The summed E-state index contributed by atoms with van der Waals surface area (Å²) in [6.45, 7) is 6.81. The molecular weight excluding hydrogens is 144 g/mol. The standard InChI is InChI=1S/C12H18/c1-8(2)9(3)12-7-10-4-5-11(12)6-10/h4,11-12H,5-7H2,1-3H3. The van der Waals surface area contributed by atoms with Gasteiger partial charge in [0.2, 0.25) is 0 Å². The van der Waals surface area contributed by atoms with E-state index in [1.165, 1.54) is 24.8 Å². The molecule has 0 aliphatic heterocycles. The largest absolute Gasteiger partial charge is 0.0850 e. The predicted molar refractivity (Wildman–Crippen MR) is 53.0 cm³/mol. The average Bonchev–Trinajstić information content (AvgIpc) is 2.62. The number of hydrogen-bond donors (Lipinski definition) is 0. The van der Waals surface area contributed by atoms with E-state index in [0.29, 0.717) is 0 Å². The lowest BCUT2D eigenvalue weighted by molar-refractivity contribution is 0.442. The number of fused-ring (bicyclic) bond motifs is 2. The van der Waals surface area contributed by atoms with E-state index in [1.54, 1.807) is 11.1 Å². The third-order valence-electron chi connectivity index (χ3n) is 3.63. The summed E-state index contributed by atoms with van der Waals surface area (Å²) >= 11 is 0. The maximum atomic E-state index is 2.46. The van der Waals surface area contributed by atoms with Crippen LogP contribution in [0.15, 0.2) is 22.8 Å². The normalized spacial score (nSPS) is 32.1. The van der Waals surface area contributed by atoms with Gasteiger partial charge < -0.3 is 0 Å². The molecule has 0 spiro atoms. The van der Waals surface area contributed by atoms with Crippen LogP contribution in [0.1, 0.15) is 40.0 Å². The second-order valence-electron chi connectivity index (χ2n) is 4.56. The Morgan fingerprint density at radius 3 is 2.42 bits per heavy atom. The number of hydrogen-bond acceptors (Lipinski definition) is 0. The molecule has 0 aromatic heterocycles. The highest BCUT2D eigenvalue weighted by atomic mass is 14.4. The van der Waals surface area contributed by atoms with Crippen molar-refractivity contribution in [3.8, 4) is 0 Å². The Kier molecular flexibility index (Phi) is 1.86. The average molecular weight is 162 g/mol. The van der Waals surface area contributed by atoms with Crippen LogP contribution in [0.2, 0.25) is 0 Å². The van der Waals surface area contributed by atoms with E-state index in [2.05, 4.69) is 26.8 Å². The third-order valence-corrected chi connectivity index (χ3v) is 3.63. The van der Waals surface area contributed by atoms with E-state index in [-0.39, 0.29) is 0 Å². The molecule has 0 N–H and O–H groups in total. The maximum absolute atomic E-state index is 2.46. The fraction of sp³-hybridized carbons (Fsp3) is 0.667. The molecule has 2 atom stereocenters. The summed E-state index contributed by atoms with van der Waals surface area (Å²) in [5.41, 5.74) is 4.92.